The highest BCUT2D eigenvalue weighted by molar-refractivity contribution is 8.03. The number of hydrogen-bond donors (Lipinski definition) is 4. The van der Waals surface area contributed by atoms with Crippen molar-refractivity contribution in [2.24, 2.45) is 5.92 Å². The maximum absolute atomic E-state index is 12.6. The highest BCUT2D eigenvalue weighted by Gasteiger charge is 2.44. The lowest BCUT2D eigenvalue weighted by Gasteiger charge is -2.28. The van der Waals surface area contributed by atoms with Crippen LogP contribution in [0.5, 0.6) is 46.0 Å². The zero-order chi connectivity index (χ0) is 82.8. The summed E-state index contributed by atoms with van der Waals surface area (Å²) < 4.78 is 94.5. The van der Waals surface area contributed by atoms with E-state index in [1.165, 1.54) is 128 Å². The molecule has 0 bridgehead atoms. The number of ether oxygens (including phenoxy) is 14. The van der Waals surface area contributed by atoms with Gasteiger partial charge in [-0.1, -0.05) is 131 Å². The first kappa shape index (κ1) is 89.3. The van der Waals surface area contributed by atoms with Gasteiger partial charge in [-0.2, -0.15) is 0 Å². The quantitative estimate of drug-likeness (QED) is 0.0166. The minimum absolute atomic E-state index is 0.00382. The number of benzene rings is 4. The largest absolute Gasteiger partial charge is 0.537 e. The molecule has 0 unspecified atom stereocenters. The molecule has 4 aromatic heterocycles. The molecule has 0 spiro atoms. The highest BCUT2D eigenvalue weighted by Crippen LogP contribution is 2.46. The Labute approximate surface area is 689 Å². The Hall–Kier alpha value is -9.62. The highest BCUT2D eigenvalue weighted by atomic mass is 32.2. The summed E-state index contributed by atoms with van der Waals surface area (Å²) >= 11 is 10.8. The number of carbonyl (C=O) groups excluding carboxylic acids is 8. The fourth-order valence-electron chi connectivity index (χ4n) is 10.3. The summed E-state index contributed by atoms with van der Waals surface area (Å²) in [5.74, 6) is -3.08. The van der Waals surface area contributed by atoms with Gasteiger partial charge in [-0.25, -0.2) is 28.8 Å². The number of aromatic nitrogens is 8. The lowest BCUT2D eigenvalue weighted by atomic mass is 9.77. The number of methoxy groups -OCH3 is 4. The first-order valence-corrected chi connectivity index (χ1v) is 40.9. The van der Waals surface area contributed by atoms with Crippen LogP contribution >= 0.6 is 92.4 Å². The second-order valence-corrected chi connectivity index (χ2v) is 32.9. The second-order valence-electron chi connectivity index (χ2n) is 23.7. The zero-order valence-electron chi connectivity index (χ0n) is 62.3. The second kappa shape index (κ2) is 43.9. The van der Waals surface area contributed by atoms with E-state index in [-0.39, 0.29) is 107 Å². The molecule has 38 nitrogen and oxygen atoms in total. The molecule has 12 rings (SSSR count). The molecule has 8 aromatic rings. The molecule has 0 radical (unpaired) electrons. The Morgan fingerprint density at radius 1 is 0.417 bits per heavy atom. The molecule has 4 aliphatic rings. The van der Waals surface area contributed by atoms with Crippen LogP contribution < -0.4 is 37.6 Å². The molecule has 4 atom stereocenters. The minimum atomic E-state index is -1.19. The summed E-state index contributed by atoms with van der Waals surface area (Å²) in [7, 11) is 0.868. The number of nitrogens with zero attached hydrogens (tertiary/aromatic N) is 8. The third kappa shape index (κ3) is 25.0. The van der Waals surface area contributed by atoms with Crippen molar-refractivity contribution in [1.82, 2.24) is 40.8 Å². The summed E-state index contributed by atoms with van der Waals surface area (Å²) in [6, 6.07) is 13.5. The molecule has 0 fully saturated rings. The summed E-state index contributed by atoms with van der Waals surface area (Å²) in [4.78, 5) is 95.2. The molecular weight excluding hydrogens is 1670 g/mol. The average molecular weight is 1740 g/mol. The van der Waals surface area contributed by atoms with Crippen LogP contribution in [0, 0.1) is 5.92 Å². The van der Waals surface area contributed by atoms with Gasteiger partial charge in [0.25, 0.3) is 0 Å². The summed E-state index contributed by atoms with van der Waals surface area (Å²) in [5, 5.41) is 71.3. The van der Waals surface area contributed by atoms with Gasteiger partial charge in [-0.05, 0) is 93.0 Å². The van der Waals surface area contributed by atoms with Crippen molar-refractivity contribution in [3.05, 3.63) is 115 Å². The molecule has 4 aliphatic heterocycles. The molecule has 0 aliphatic carbocycles. The average Bonchev–Trinajstić information content (AvgIpc) is 1.74. The fourth-order valence-corrected chi connectivity index (χ4v) is 17.5. The number of rotatable bonds is 27. The van der Waals surface area contributed by atoms with Crippen LogP contribution in [0.15, 0.2) is 87.9 Å². The standard InChI is InChI=1S/C17H19BN2O8S2.C17H19BN2O7S2.C16H17BN2O8S2.C15H15BN2O7S2/c1-9(2)27-17(22)26-8-25-15(21)13-11(24-3)5-4-10-6-12(18(23)28-14(10)13)30-16-20-19-7-29-16;1-9(2)15(21)25-8-26-16(22)13-11(24-3)5-4-10-6-12(18(23)27-14(10)13)29-17-20-19-7-28-17;1-3-24-16(21)26-8-25-14(20)12-10(23-2)5-4-9-6-11(17(22)27-13(9)12)29-15-19-18-7-28-15;1-8(19)23-7-24-14(20)12-10(22-2)4-3-9-5-11(16(21)25-13(9)12)27-15-18-17-6-26-15/h4-5,7,9,12,23H,6,8H2,1-3H3;4-5,7,9,12,23H,6,8H2,1-3H3;4-5,7,11,22H,3,6,8H2,1-2H3;3-4,6,11,21H,5,7H2,1-2H3/t2*12-;2*11-/m0000/s1. The van der Waals surface area contributed by atoms with Gasteiger partial charge in [0.05, 0.1) is 67.7 Å². The number of fused-ring (bicyclic) bond motifs is 4. The molecule has 610 valence electrons. The monoisotopic (exact) mass is 1740 g/mol. The summed E-state index contributed by atoms with van der Waals surface area (Å²) in [6.07, 6.45) is -0.557. The van der Waals surface area contributed by atoms with Crippen molar-refractivity contribution < 1.29 is 143 Å². The predicted octanol–water partition coefficient (Wildman–Crippen LogP) is 7.60. The molecule has 50 heteroatoms. The van der Waals surface area contributed by atoms with Crippen LogP contribution in [0.4, 0.5) is 9.59 Å². The van der Waals surface area contributed by atoms with E-state index in [1.54, 1.807) is 105 Å². The SMILES string of the molecule is CCOC(=O)OCOC(=O)c1c(OC)ccc2c1OB(O)[C@@H](Sc1nncs1)C2.COc1ccc2c(c1C(=O)OCOC(=O)C(C)C)OB(O)[C@@H](Sc1nncs1)C2.COc1ccc2c(c1C(=O)OCOC(=O)OC(C)C)OB(O)[C@@H](Sc1nncs1)C2.COc1ccc2c(c1C(=O)OCOC(C)=O)OB(O)[C@@H](Sc1nncs1)C2. The van der Waals surface area contributed by atoms with Gasteiger partial charge < -0.3 is 105 Å². The molecule has 4 N–H and O–H groups in total. The van der Waals surface area contributed by atoms with Crippen molar-refractivity contribution in [2.75, 3.05) is 62.2 Å². The predicted molar refractivity (Wildman–Crippen MR) is 414 cm³/mol. The molecule has 115 heavy (non-hydrogen) atoms. The van der Waals surface area contributed by atoms with Crippen LogP contribution in [0.25, 0.3) is 0 Å². The Balaban J connectivity index is 0.000000176. The third-order valence-corrected chi connectivity index (χ3v) is 23.6. The van der Waals surface area contributed by atoms with Crippen LogP contribution in [0.2, 0.25) is 0 Å². The van der Waals surface area contributed by atoms with E-state index in [0.29, 0.717) is 65.3 Å². The lowest BCUT2D eigenvalue weighted by Crippen LogP contribution is -2.40. The normalized spacial score (nSPS) is 15.3. The smallest absolute Gasteiger partial charge is 0.534 e. The van der Waals surface area contributed by atoms with Gasteiger partial charge in [-0.3, -0.25) is 9.59 Å². The van der Waals surface area contributed by atoms with E-state index in [1.807, 2.05) is 0 Å². The van der Waals surface area contributed by atoms with E-state index >= 15 is 0 Å². The third-order valence-electron chi connectivity index (χ3n) is 15.4. The number of hydrogen-bond acceptors (Lipinski definition) is 46. The van der Waals surface area contributed by atoms with E-state index in [0.717, 1.165) is 0 Å². The molecule has 4 aromatic carbocycles. The first-order chi connectivity index (χ1) is 55.3. The van der Waals surface area contributed by atoms with Gasteiger partial charge >= 0.3 is 76.6 Å². The molecule has 0 amide bonds. The minimum Gasteiger partial charge on any atom is -0.534 e. The summed E-state index contributed by atoms with van der Waals surface area (Å²) in [5.41, 5.74) is 9.27. The van der Waals surface area contributed by atoms with Crippen LogP contribution in [0.1, 0.15) is 105 Å². The van der Waals surface area contributed by atoms with Gasteiger partial charge in [0.15, 0.2) is 17.4 Å². The molecule has 0 saturated heterocycles. The van der Waals surface area contributed by atoms with E-state index in [9.17, 15) is 58.5 Å². The number of thioether (sulfide) groups is 4. The maximum atomic E-state index is 12.6. The zero-order valence-corrected chi connectivity index (χ0v) is 68.8. The lowest BCUT2D eigenvalue weighted by molar-refractivity contribution is -0.156. The topological polar surface area (TPSA) is 487 Å². The Morgan fingerprint density at radius 3 is 0.939 bits per heavy atom. The van der Waals surface area contributed by atoms with E-state index in [2.05, 4.69) is 55.0 Å². The maximum Gasteiger partial charge on any atom is 0.537 e. The van der Waals surface area contributed by atoms with Gasteiger partial charge in [0.1, 0.15) is 90.3 Å². The van der Waals surface area contributed by atoms with E-state index in [4.69, 9.17) is 70.7 Å². The molecule has 0 saturated carbocycles. The Morgan fingerprint density at radius 2 is 0.696 bits per heavy atom. The van der Waals surface area contributed by atoms with Crippen molar-refractivity contribution in [3.8, 4) is 46.0 Å². The van der Waals surface area contributed by atoms with E-state index < -0.39 is 104 Å². The van der Waals surface area contributed by atoms with Crippen LogP contribution in [0.3, 0.4) is 0 Å². The van der Waals surface area contributed by atoms with Gasteiger partial charge in [0, 0.05) is 6.92 Å². The van der Waals surface area contributed by atoms with Crippen molar-refractivity contribution in [2.45, 2.75) is 111 Å². The van der Waals surface area contributed by atoms with Crippen molar-refractivity contribution in [3.63, 3.8) is 0 Å². The fraction of sp³-hybridized carbons (Fsp3) is 0.385. The first-order valence-electron chi connectivity index (χ1n) is 33.8. The van der Waals surface area contributed by atoms with Crippen molar-refractivity contribution >= 4 is 169 Å². The molecular formula is C65H70B4N8O30S8. The van der Waals surface area contributed by atoms with Gasteiger partial charge in [0.2, 0.25) is 27.2 Å². The molecule has 8 heterocycles. The Kier molecular flexibility index (Phi) is 34.1. The van der Waals surface area contributed by atoms with Crippen molar-refractivity contribution in [1.29, 1.82) is 0 Å². The van der Waals surface area contributed by atoms with Gasteiger partial charge in [-0.15, -0.1) is 40.8 Å². The summed E-state index contributed by atoms with van der Waals surface area (Å²) in [6.45, 7) is 7.29. The Bertz CT molecular complexity index is 4610. The van der Waals surface area contributed by atoms with Crippen LogP contribution in [-0.4, -0.2) is 226 Å². The van der Waals surface area contributed by atoms with Crippen LogP contribution in [-0.2, 0) is 82.6 Å². The number of esters is 6. The number of carbonyl (C=O) groups is 8.